The first-order chi connectivity index (χ1) is 9.08. The number of carbonyl (C=O) groups is 2. The molecular formula is C15H21NO3. The van der Waals surface area contributed by atoms with Gasteiger partial charge < -0.3 is 10.1 Å². The van der Waals surface area contributed by atoms with Crippen LogP contribution in [-0.2, 0) is 16.0 Å². The minimum Gasteiger partial charge on any atom is -0.464 e. The first-order valence-electron chi connectivity index (χ1n) is 6.64. The molecule has 4 nitrogen and oxygen atoms in total. The quantitative estimate of drug-likeness (QED) is 0.801. The number of esters is 1. The molecular weight excluding hydrogens is 242 g/mol. The van der Waals surface area contributed by atoms with Crippen LogP contribution in [0.1, 0.15) is 43.1 Å². The van der Waals surface area contributed by atoms with Gasteiger partial charge in [0.2, 0.25) is 0 Å². The van der Waals surface area contributed by atoms with E-state index in [2.05, 4.69) is 12.2 Å². The van der Waals surface area contributed by atoms with Crippen LogP contribution in [0.4, 0.5) is 0 Å². The lowest BCUT2D eigenvalue weighted by molar-refractivity contribution is -0.145. The van der Waals surface area contributed by atoms with Crippen molar-refractivity contribution in [1.29, 1.82) is 0 Å². The molecule has 1 amide bonds. The SMILES string of the molecule is CCCOC(=O)C(C)NC(=O)c1ccc(CC)cc1. The van der Waals surface area contributed by atoms with E-state index in [1.54, 1.807) is 19.1 Å². The van der Waals surface area contributed by atoms with E-state index < -0.39 is 12.0 Å². The molecule has 1 rings (SSSR count). The van der Waals surface area contributed by atoms with Gasteiger partial charge in [-0.2, -0.15) is 0 Å². The molecule has 1 atom stereocenters. The van der Waals surface area contributed by atoms with Crippen LogP contribution >= 0.6 is 0 Å². The second-order valence-electron chi connectivity index (χ2n) is 4.41. The van der Waals surface area contributed by atoms with E-state index in [1.807, 2.05) is 19.1 Å². The van der Waals surface area contributed by atoms with Gasteiger partial charge in [-0.15, -0.1) is 0 Å². The Kier molecular flexibility index (Phi) is 6.06. The Morgan fingerprint density at radius 1 is 1.21 bits per heavy atom. The number of amides is 1. The van der Waals surface area contributed by atoms with Crippen molar-refractivity contribution in [1.82, 2.24) is 5.32 Å². The molecule has 0 aromatic heterocycles. The molecule has 1 N–H and O–H groups in total. The zero-order valence-corrected chi connectivity index (χ0v) is 11.7. The number of ether oxygens (including phenoxy) is 1. The lowest BCUT2D eigenvalue weighted by Crippen LogP contribution is -2.39. The molecule has 0 saturated heterocycles. The van der Waals surface area contributed by atoms with Crippen LogP contribution in [0, 0.1) is 0 Å². The van der Waals surface area contributed by atoms with Gasteiger partial charge in [0, 0.05) is 5.56 Å². The van der Waals surface area contributed by atoms with Crippen molar-refractivity contribution in [2.75, 3.05) is 6.61 Å². The number of benzene rings is 1. The zero-order valence-electron chi connectivity index (χ0n) is 11.7. The third-order valence-electron chi connectivity index (χ3n) is 2.77. The van der Waals surface area contributed by atoms with E-state index in [-0.39, 0.29) is 5.91 Å². The minimum absolute atomic E-state index is 0.261. The van der Waals surface area contributed by atoms with Crippen molar-refractivity contribution in [3.8, 4) is 0 Å². The average molecular weight is 263 g/mol. The van der Waals surface area contributed by atoms with Crippen LogP contribution in [0.15, 0.2) is 24.3 Å². The van der Waals surface area contributed by atoms with Gasteiger partial charge in [-0.3, -0.25) is 4.79 Å². The lowest BCUT2D eigenvalue weighted by Gasteiger charge is -2.13. The molecule has 0 radical (unpaired) electrons. The Hall–Kier alpha value is -1.84. The third kappa shape index (κ3) is 4.73. The second kappa shape index (κ2) is 7.56. The summed E-state index contributed by atoms with van der Waals surface area (Å²) in [6.07, 6.45) is 1.70. The zero-order chi connectivity index (χ0) is 14.3. The number of hydrogen-bond acceptors (Lipinski definition) is 3. The Morgan fingerprint density at radius 2 is 1.84 bits per heavy atom. The second-order valence-corrected chi connectivity index (χ2v) is 4.41. The highest BCUT2D eigenvalue weighted by Crippen LogP contribution is 2.05. The summed E-state index contributed by atoms with van der Waals surface area (Å²) >= 11 is 0. The van der Waals surface area contributed by atoms with E-state index in [4.69, 9.17) is 4.74 Å². The maximum atomic E-state index is 11.9. The van der Waals surface area contributed by atoms with Crippen LogP contribution in [0.5, 0.6) is 0 Å². The van der Waals surface area contributed by atoms with E-state index in [9.17, 15) is 9.59 Å². The van der Waals surface area contributed by atoms with Crippen LogP contribution in [-0.4, -0.2) is 24.5 Å². The molecule has 0 saturated carbocycles. The number of rotatable bonds is 6. The van der Waals surface area contributed by atoms with Gasteiger partial charge in [-0.1, -0.05) is 26.0 Å². The Bertz CT molecular complexity index is 426. The van der Waals surface area contributed by atoms with E-state index in [0.717, 1.165) is 12.8 Å². The number of nitrogens with one attached hydrogen (secondary N) is 1. The summed E-state index contributed by atoms with van der Waals surface area (Å²) in [5, 5.41) is 2.63. The van der Waals surface area contributed by atoms with Crippen LogP contribution < -0.4 is 5.32 Å². The fraction of sp³-hybridized carbons (Fsp3) is 0.467. The highest BCUT2D eigenvalue weighted by atomic mass is 16.5. The van der Waals surface area contributed by atoms with Crippen LogP contribution in [0.25, 0.3) is 0 Å². The molecule has 104 valence electrons. The summed E-state index contributed by atoms with van der Waals surface area (Å²) in [6, 6.07) is 6.71. The Labute approximate surface area is 114 Å². The summed E-state index contributed by atoms with van der Waals surface area (Å²) in [4.78, 5) is 23.4. The molecule has 0 bridgehead atoms. The Morgan fingerprint density at radius 3 is 2.37 bits per heavy atom. The van der Waals surface area contributed by atoms with Gasteiger partial charge in [0.15, 0.2) is 0 Å². The summed E-state index contributed by atoms with van der Waals surface area (Å²) in [6.45, 7) is 5.98. The molecule has 0 aliphatic carbocycles. The van der Waals surface area contributed by atoms with Crippen LogP contribution in [0.3, 0.4) is 0 Å². The highest BCUT2D eigenvalue weighted by Gasteiger charge is 2.17. The first-order valence-corrected chi connectivity index (χ1v) is 6.64. The first kappa shape index (κ1) is 15.2. The molecule has 0 fully saturated rings. The normalized spacial score (nSPS) is 11.7. The summed E-state index contributed by atoms with van der Waals surface area (Å²) in [5.41, 5.74) is 1.72. The average Bonchev–Trinajstić information content (AvgIpc) is 2.44. The van der Waals surface area contributed by atoms with E-state index >= 15 is 0 Å². The molecule has 4 heteroatoms. The monoisotopic (exact) mass is 263 g/mol. The molecule has 1 aromatic carbocycles. The van der Waals surface area contributed by atoms with Crippen molar-refractivity contribution in [2.45, 2.75) is 39.7 Å². The van der Waals surface area contributed by atoms with Gasteiger partial charge >= 0.3 is 5.97 Å². The fourth-order valence-electron chi connectivity index (χ4n) is 1.56. The van der Waals surface area contributed by atoms with E-state index in [1.165, 1.54) is 5.56 Å². The van der Waals surface area contributed by atoms with Crippen molar-refractivity contribution in [3.63, 3.8) is 0 Å². The van der Waals surface area contributed by atoms with Gasteiger partial charge in [-0.25, -0.2) is 4.79 Å². The predicted octanol–water partition coefficient (Wildman–Crippen LogP) is 2.32. The lowest BCUT2D eigenvalue weighted by atomic mass is 10.1. The standard InChI is InChI=1S/C15H21NO3/c1-4-10-19-15(18)11(3)16-14(17)13-8-6-12(5-2)7-9-13/h6-9,11H,4-5,10H2,1-3H3,(H,16,17). The molecule has 19 heavy (non-hydrogen) atoms. The molecule has 0 spiro atoms. The maximum absolute atomic E-state index is 11.9. The van der Waals surface area contributed by atoms with E-state index in [0.29, 0.717) is 12.2 Å². The minimum atomic E-state index is -0.634. The van der Waals surface area contributed by atoms with Crippen molar-refractivity contribution >= 4 is 11.9 Å². The molecule has 0 heterocycles. The van der Waals surface area contributed by atoms with Crippen molar-refractivity contribution < 1.29 is 14.3 Å². The molecule has 1 aromatic rings. The van der Waals surface area contributed by atoms with Gasteiger partial charge in [-0.05, 0) is 37.5 Å². The number of hydrogen-bond donors (Lipinski definition) is 1. The predicted molar refractivity (Wildman–Crippen MR) is 74.0 cm³/mol. The molecule has 0 aliphatic rings. The Balaban J connectivity index is 2.55. The summed E-state index contributed by atoms with van der Waals surface area (Å²) < 4.78 is 4.97. The summed E-state index contributed by atoms with van der Waals surface area (Å²) in [7, 11) is 0. The largest absolute Gasteiger partial charge is 0.464 e. The van der Waals surface area contributed by atoms with Gasteiger partial charge in [0.05, 0.1) is 6.61 Å². The topological polar surface area (TPSA) is 55.4 Å². The number of carbonyl (C=O) groups excluding carboxylic acids is 2. The number of aryl methyl sites for hydroxylation is 1. The fourth-order valence-corrected chi connectivity index (χ4v) is 1.56. The highest BCUT2D eigenvalue weighted by molar-refractivity contribution is 5.96. The molecule has 0 aliphatic heterocycles. The molecule has 1 unspecified atom stereocenters. The smallest absolute Gasteiger partial charge is 0.328 e. The van der Waals surface area contributed by atoms with Crippen molar-refractivity contribution in [3.05, 3.63) is 35.4 Å². The van der Waals surface area contributed by atoms with Crippen LogP contribution in [0.2, 0.25) is 0 Å². The van der Waals surface area contributed by atoms with Gasteiger partial charge in [0.1, 0.15) is 6.04 Å². The summed E-state index contributed by atoms with van der Waals surface area (Å²) in [5.74, 6) is -0.663. The maximum Gasteiger partial charge on any atom is 0.328 e. The van der Waals surface area contributed by atoms with Crippen molar-refractivity contribution in [2.24, 2.45) is 0 Å². The third-order valence-corrected chi connectivity index (χ3v) is 2.77. The van der Waals surface area contributed by atoms with Gasteiger partial charge in [0.25, 0.3) is 5.91 Å².